The van der Waals surface area contributed by atoms with Gasteiger partial charge in [-0.3, -0.25) is 9.59 Å². The second kappa shape index (κ2) is 4.44. The Kier molecular flexibility index (Phi) is 2.83. The van der Waals surface area contributed by atoms with Crippen LogP contribution in [-0.2, 0) is 11.8 Å². The van der Waals surface area contributed by atoms with Gasteiger partial charge in [0.25, 0.3) is 11.5 Å². The molecule has 0 atom stereocenters. The van der Waals surface area contributed by atoms with Crippen molar-refractivity contribution in [3.63, 3.8) is 0 Å². The standard InChI is InChI=1S/C15H14N2O4/c1-17-11-5-3-2-4-9(11)10(8-12(17)18)13(19)16-15(6-7-15)14(20)21/h2-5,8H,6-7H2,1H3,(H,16,19)(H,20,21). The molecule has 3 rings (SSSR count). The van der Waals surface area contributed by atoms with Crippen LogP contribution in [0, 0.1) is 0 Å². The minimum absolute atomic E-state index is 0.209. The number of nitrogens with one attached hydrogen (secondary N) is 1. The van der Waals surface area contributed by atoms with E-state index >= 15 is 0 Å². The summed E-state index contributed by atoms with van der Waals surface area (Å²) in [6.07, 6.45) is 0.827. The summed E-state index contributed by atoms with van der Waals surface area (Å²) >= 11 is 0. The minimum Gasteiger partial charge on any atom is -0.480 e. The maximum Gasteiger partial charge on any atom is 0.329 e. The van der Waals surface area contributed by atoms with E-state index in [0.717, 1.165) is 0 Å². The molecule has 108 valence electrons. The Morgan fingerprint density at radius 1 is 1.29 bits per heavy atom. The maximum atomic E-state index is 12.4. The molecule has 1 aliphatic rings. The number of aromatic nitrogens is 1. The van der Waals surface area contributed by atoms with Crippen LogP contribution in [0.4, 0.5) is 0 Å². The van der Waals surface area contributed by atoms with Gasteiger partial charge in [0.1, 0.15) is 5.54 Å². The molecular weight excluding hydrogens is 272 g/mol. The van der Waals surface area contributed by atoms with Gasteiger partial charge in [0.2, 0.25) is 0 Å². The Labute approximate surface area is 120 Å². The van der Waals surface area contributed by atoms with Gasteiger partial charge in [-0.25, -0.2) is 4.79 Å². The van der Waals surface area contributed by atoms with Crippen LogP contribution in [0.3, 0.4) is 0 Å². The fourth-order valence-corrected chi connectivity index (χ4v) is 2.40. The van der Waals surface area contributed by atoms with Crippen LogP contribution in [0.1, 0.15) is 23.2 Å². The van der Waals surface area contributed by atoms with Crippen LogP contribution < -0.4 is 10.9 Å². The average Bonchev–Trinajstić information content (AvgIpc) is 3.23. The van der Waals surface area contributed by atoms with Gasteiger partial charge in [0.05, 0.1) is 11.1 Å². The highest BCUT2D eigenvalue weighted by molar-refractivity contribution is 6.08. The Morgan fingerprint density at radius 3 is 2.57 bits per heavy atom. The zero-order chi connectivity index (χ0) is 15.2. The lowest BCUT2D eigenvalue weighted by molar-refractivity contribution is -0.140. The third-order valence-corrected chi connectivity index (χ3v) is 3.91. The summed E-state index contributed by atoms with van der Waals surface area (Å²) in [6, 6.07) is 8.29. The highest BCUT2D eigenvalue weighted by Gasteiger charge is 2.51. The van der Waals surface area contributed by atoms with Crippen LogP contribution in [-0.4, -0.2) is 27.1 Å². The number of benzene rings is 1. The number of hydrogen-bond donors (Lipinski definition) is 2. The first-order valence-corrected chi connectivity index (χ1v) is 6.59. The second-order valence-corrected chi connectivity index (χ2v) is 5.31. The van der Waals surface area contributed by atoms with Gasteiger partial charge in [-0.05, 0) is 18.9 Å². The Balaban J connectivity index is 2.09. The number of rotatable bonds is 3. The van der Waals surface area contributed by atoms with E-state index in [9.17, 15) is 14.4 Å². The third-order valence-electron chi connectivity index (χ3n) is 3.91. The number of carbonyl (C=O) groups is 2. The second-order valence-electron chi connectivity index (χ2n) is 5.31. The molecule has 2 N–H and O–H groups in total. The maximum absolute atomic E-state index is 12.4. The molecule has 1 aromatic heterocycles. The molecule has 6 nitrogen and oxygen atoms in total. The number of aliphatic carboxylic acids is 1. The van der Waals surface area contributed by atoms with Gasteiger partial charge in [0, 0.05) is 18.5 Å². The lowest BCUT2D eigenvalue weighted by Gasteiger charge is -2.14. The molecule has 0 saturated heterocycles. The molecule has 1 heterocycles. The third kappa shape index (κ3) is 2.08. The molecule has 1 fully saturated rings. The topological polar surface area (TPSA) is 88.4 Å². The van der Waals surface area contributed by atoms with E-state index in [-0.39, 0.29) is 11.1 Å². The van der Waals surface area contributed by atoms with E-state index in [1.54, 1.807) is 31.3 Å². The lowest BCUT2D eigenvalue weighted by Crippen LogP contribution is -2.43. The van der Waals surface area contributed by atoms with Crippen molar-refractivity contribution in [1.82, 2.24) is 9.88 Å². The molecule has 1 saturated carbocycles. The van der Waals surface area contributed by atoms with Crippen LogP contribution in [0.5, 0.6) is 0 Å². The summed E-state index contributed by atoms with van der Waals surface area (Å²) in [7, 11) is 1.63. The first kappa shape index (κ1) is 13.4. The van der Waals surface area contributed by atoms with Gasteiger partial charge in [0.15, 0.2) is 0 Å². The molecule has 2 aromatic rings. The molecule has 1 aromatic carbocycles. The number of carboxylic acid groups (broad SMARTS) is 1. The minimum atomic E-state index is -1.17. The molecule has 0 bridgehead atoms. The summed E-state index contributed by atoms with van der Waals surface area (Å²) in [5, 5.41) is 12.3. The van der Waals surface area contributed by atoms with Gasteiger partial charge in [-0.2, -0.15) is 0 Å². The van der Waals surface area contributed by atoms with Crippen LogP contribution in [0.15, 0.2) is 35.1 Å². The van der Waals surface area contributed by atoms with Crippen LogP contribution >= 0.6 is 0 Å². The fraction of sp³-hybridized carbons (Fsp3) is 0.267. The number of pyridine rings is 1. The summed E-state index contributed by atoms with van der Waals surface area (Å²) in [5.74, 6) is -1.56. The molecule has 0 unspecified atom stereocenters. The van der Waals surface area contributed by atoms with E-state index in [2.05, 4.69) is 5.32 Å². The first-order chi connectivity index (χ1) is 9.94. The number of hydrogen-bond acceptors (Lipinski definition) is 3. The Morgan fingerprint density at radius 2 is 1.95 bits per heavy atom. The molecule has 0 aliphatic heterocycles. The number of amides is 1. The largest absolute Gasteiger partial charge is 0.480 e. The number of para-hydroxylation sites is 1. The summed E-state index contributed by atoms with van der Waals surface area (Å²) in [6.45, 7) is 0. The number of carbonyl (C=O) groups excluding carboxylic acids is 1. The van der Waals surface area contributed by atoms with E-state index in [4.69, 9.17) is 5.11 Å². The molecule has 1 amide bonds. The molecule has 1 aliphatic carbocycles. The lowest BCUT2D eigenvalue weighted by atomic mass is 10.1. The Bertz CT molecular complexity index is 818. The van der Waals surface area contributed by atoms with Crippen molar-refractivity contribution in [1.29, 1.82) is 0 Å². The normalized spacial score (nSPS) is 15.7. The summed E-state index contributed by atoms with van der Waals surface area (Å²) in [4.78, 5) is 35.5. The fourth-order valence-electron chi connectivity index (χ4n) is 2.40. The van der Waals surface area contributed by atoms with Crippen molar-refractivity contribution in [2.75, 3.05) is 0 Å². The van der Waals surface area contributed by atoms with Crippen LogP contribution in [0.2, 0.25) is 0 Å². The zero-order valence-electron chi connectivity index (χ0n) is 11.4. The van der Waals surface area contributed by atoms with Crippen molar-refractivity contribution in [2.24, 2.45) is 7.05 Å². The quantitative estimate of drug-likeness (QED) is 0.877. The smallest absolute Gasteiger partial charge is 0.329 e. The number of aryl methyl sites for hydroxylation is 1. The van der Waals surface area contributed by atoms with E-state index < -0.39 is 17.4 Å². The van der Waals surface area contributed by atoms with E-state index in [1.165, 1.54) is 10.6 Å². The van der Waals surface area contributed by atoms with Crippen molar-refractivity contribution < 1.29 is 14.7 Å². The highest BCUT2D eigenvalue weighted by Crippen LogP contribution is 2.36. The van der Waals surface area contributed by atoms with Crippen molar-refractivity contribution in [3.05, 3.63) is 46.2 Å². The highest BCUT2D eigenvalue weighted by atomic mass is 16.4. The summed E-state index contributed by atoms with van der Waals surface area (Å²) < 4.78 is 1.45. The van der Waals surface area contributed by atoms with E-state index in [0.29, 0.717) is 23.7 Å². The van der Waals surface area contributed by atoms with Gasteiger partial charge < -0.3 is 15.0 Å². The van der Waals surface area contributed by atoms with Gasteiger partial charge >= 0.3 is 5.97 Å². The van der Waals surface area contributed by atoms with Crippen molar-refractivity contribution in [3.8, 4) is 0 Å². The van der Waals surface area contributed by atoms with Crippen LogP contribution in [0.25, 0.3) is 10.9 Å². The SMILES string of the molecule is Cn1c(=O)cc(C(=O)NC2(C(=O)O)CC2)c2ccccc21. The molecule has 6 heteroatoms. The number of carboxylic acids is 1. The summed E-state index contributed by atoms with van der Waals surface area (Å²) in [5.41, 5.74) is -0.630. The monoisotopic (exact) mass is 286 g/mol. The molecule has 0 radical (unpaired) electrons. The molecular formula is C15H14N2O4. The molecule has 21 heavy (non-hydrogen) atoms. The van der Waals surface area contributed by atoms with Crippen molar-refractivity contribution >= 4 is 22.8 Å². The average molecular weight is 286 g/mol. The van der Waals surface area contributed by atoms with Gasteiger partial charge in [-0.1, -0.05) is 18.2 Å². The predicted molar refractivity (Wildman–Crippen MR) is 76.3 cm³/mol. The zero-order valence-corrected chi connectivity index (χ0v) is 11.4. The predicted octanol–water partition coefficient (Wildman–Crippen LogP) is 0.885. The Hall–Kier alpha value is -2.63. The number of fused-ring (bicyclic) bond motifs is 1. The van der Waals surface area contributed by atoms with E-state index in [1.807, 2.05) is 0 Å². The first-order valence-electron chi connectivity index (χ1n) is 6.59. The molecule has 0 spiro atoms. The van der Waals surface area contributed by atoms with Crippen molar-refractivity contribution in [2.45, 2.75) is 18.4 Å². The van der Waals surface area contributed by atoms with Gasteiger partial charge in [-0.15, -0.1) is 0 Å². The number of nitrogens with zero attached hydrogens (tertiary/aromatic N) is 1.